The summed E-state index contributed by atoms with van der Waals surface area (Å²) in [6.45, 7) is 3.28. The zero-order valence-corrected chi connectivity index (χ0v) is 21.7. The maximum Gasteiger partial charge on any atom is 0.420 e. The molecular weight excluding hydrogens is 526 g/mol. The minimum atomic E-state index is -4.72. The Balaban J connectivity index is 1.51. The molecule has 206 valence electrons. The van der Waals surface area contributed by atoms with Crippen molar-refractivity contribution in [2.24, 2.45) is 7.05 Å². The van der Waals surface area contributed by atoms with E-state index in [0.717, 1.165) is 18.1 Å². The first-order valence-electron chi connectivity index (χ1n) is 12.7. The second-order valence-electron chi connectivity index (χ2n) is 10.1. The van der Waals surface area contributed by atoms with Crippen LogP contribution < -0.4 is 5.32 Å². The highest BCUT2D eigenvalue weighted by atomic mass is 19.4. The molecule has 0 saturated carbocycles. The molecule has 11 heteroatoms. The molecule has 1 N–H and O–H groups in total. The molecule has 1 saturated heterocycles. The van der Waals surface area contributed by atoms with Crippen molar-refractivity contribution in [1.29, 1.82) is 0 Å². The normalized spacial score (nSPS) is 17.4. The predicted octanol–water partition coefficient (Wildman–Crippen LogP) is 6.38. The van der Waals surface area contributed by atoms with Crippen LogP contribution in [0.15, 0.2) is 65.3 Å². The van der Waals surface area contributed by atoms with Gasteiger partial charge in [-0.3, -0.25) is 0 Å². The topological polar surface area (TPSA) is 78.0 Å². The van der Waals surface area contributed by atoms with Crippen LogP contribution in [0.25, 0.3) is 45.1 Å². The van der Waals surface area contributed by atoms with Crippen LogP contribution in [0.2, 0.25) is 0 Å². The molecule has 3 heterocycles. The second kappa shape index (κ2) is 9.83. The smallest absolute Gasteiger partial charge is 0.420 e. The fraction of sp³-hybridized carbons (Fsp3) is 0.276. The minimum absolute atomic E-state index is 0.0267. The molecule has 5 aromatic rings. The van der Waals surface area contributed by atoms with Gasteiger partial charge in [0.15, 0.2) is 11.4 Å². The Morgan fingerprint density at radius 3 is 2.50 bits per heavy atom. The number of oxazole rings is 1. The third-order valence-electron chi connectivity index (χ3n) is 7.15. The largest absolute Gasteiger partial charge is 0.435 e. The number of halogens is 4. The summed E-state index contributed by atoms with van der Waals surface area (Å²) in [4.78, 5) is 4.38. The summed E-state index contributed by atoms with van der Waals surface area (Å²) in [5.74, 6) is -0.689. The maximum atomic E-state index is 15.6. The third-order valence-corrected chi connectivity index (χ3v) is 7.15. The van der Waals surface area contributed by atoms with Crippen LogP contribution in [-0.4, -0.2) is 38.5 Å². The maximum absolute atomic E-state index is 15.6. The van der Waals surface area contributed by atoms with Gasteiger partial charge in [-0.25, -0.2) is 9.37 Å². The lowest BCUT2D eigenvalue weighted by Crippen LogP contribution is -2.48. The van der Waals surface area contributed by atoms with Crippen molar-refractivity contribution in [3.8, 4) is 34.0 Å². The molecule has 1 aliphatic heterocycles. The number of alkyl halides is 3. The number of rotatable bonds is 7. The zero-order chi connectivity index (χ0) is 28.1. The van der Waals surface area contributed by atoms with Crippen LogP contribution in [0.3, 0.4) is 0 Å². The molecule has 40 heavy (non-hydrogen) atoms. The number of aromatic nitrogens is 4. The van der Waals surface area contributed by atoms with Gasteiger partial charge in [0.25, 0.3) is 0 Å². The Bertz CT molecular complexity index is 1690. The van der Waals surface area contributed by atoms with Crippen LogP contribution in [0.5, 0.6) is 0 Å². The van der Waals surface area contributed by atoms with Crippen molar-refractivity contribution < 1.29 is 26.7 Å². The molecule has 2 aromatic heterocycles. The summed E-state index contributed by atoms with van der Waals surface area (Å²) >= 11 is 0. The van der Waals surface area contributed by atoms with Crippen LogP contribution in [0, 0.1) is 5.82 Å². The van der Waals surface area contributed by atoms with Crippen molar-refractivity contribution in [2.75, 3.05) is 13.2 Å². The number of hydrogen-bond donors (Lipinski definition) is 1. The molecule has 1 fully saturated rings. The first-order valence-corrected chi connectivity index (χ1v) is 12.7. The average Bonchev–Trinajstić information content (AvgIpc) is 3.52. The molecular formula is C29H25F4N5O2. The summed E-state index contributed by atoms with van der Waals surface area (Å²) < 4.78 is 71.0. The van der Waals surface area contributed by atoms with Gasteiger partial charge >= 0.3 is 6.18 Å². The number of aryl methyl sites for hydroxylation is 1. The van der Waals surface area contributed by atoms with Crippen LogP contribution >= 0.6 is 0 Å². The summed E-state index contributed by atoms with van der Waals surface area (Å²) in [5.41, 5.74) is 0.138. The van der Waals surface area contributed by atoms with E-state index >= 15 is 4.39 Å². The lowest BCUT2D eigenvalue weighted by molar-refractivity contribution is -0.137. The highest BCUT2D eigenvalue weighted by molar-refractivity contribution is 5.92. The highest BCUT2D eigenvalue weighted by Crippen LogP contribution is 2.43. The molecule has 7 nitrogen and oxygen atoms in total. The van der Waals surface area contributed by atoms with Crippen molar-refractivity contribution in [3.63, 3.8) is 0 Å². The van der Waals surface area contributed by atoms with Crippen LogP contribution in [0.1, 0.15) is 24.5 Å². The van der Waals surface area contributed by atoms with E-state index in [1.165, 1.54) is 18.5 Å². The number of ether oxygens (including phenoxy) is 1. The van der Waals surface area contributed by atoms with Gasteiger partial charge in [-0.05, 0) is 41.8 Å². The molecule has 0 bridgehead atoms. The van der Waals surface area contributed by atoms with Gasteiger partial charge in [0.1, 0.15) is 23.2 Å². The van der Waals surface area contributed by atoms with E-state index in [9.17, 15) is 13.2 Å². The molecule has 0 amide bonds. The van der Waals surface area contributed by atoms with Gasteiger partial charge < -0.3 is 19.0 Å². The van der Waals surface area contributed by atoms with E-state index < -0.39 is 23.1 Å². The predicted molar refractivity (Wildman–Crippen MR) is 141 cm³/mol. The van der Waals surface area contributed by atoms with Crippen molar-refractivity contribution >= 4 is 11.1 Å². The molecule has 3 aromatic carbocycles. The van der Waals surface area contributed by atoms with Gasteiger partial charge in [0.05, 0.1) is 17.8 Å². The lowest BCUT2D eigenvalue weighted by atomic mass is 9.94. The molecule has 1 aliphatic rings. The Morgan fingerprint density at radius 1 is 1.07 bits per heavy atom. The minimum Gasteiger partial charge on any atom is -0.435 e. The van der Waals surface area contributed by atoms with Crippen molar-refractivity contribution in [1.82, 2.24) is 25.1 Å². The van der Waals surface area contributed by atoms with Crippen molar-refractivity contribution in [2.45, 2.75) is 31.7 Å². The van der Waals surface area contributed by atoms with E-state index in [1.807, 2.05) is 37.3 Å². The Labute approximate surface area is 226 Å². The Kier molecular flexibility index (Phi) is 6.42. The second-order valence-corrected chi connectivity index (χ2v) is 10.1. The van der Waals surface area contributed by atoms with E-state index in [4.69, 9.17) is 9.15 Å². The first kappa shape index (κ1) is 26.1. The molecule has 1 atom stereocenters. The zero-order valence-electron chi connectivity index (χ0n) is 21.7. The third kappa shape index (κ3) is 4.75. The Hall–Kier alpha value is -4.09. The molecule has 0 aliphatic carbocycles. The monoisotopic (exact) mass is 551 g/mol. The number of fused-ring (bicyclic) bond motifs is 1. The first-order chi connectivity index (χ1) is 19.1. The fourth-order valence-corrected chi connectivity index (χ4v) is 4.96. The average molecular weight is 552 g/mol. The summed E-state index contributed by atoms with van der Waals surface area (Å²) in [6, 6.07) is 14.6. The van der Waals surface area contributed by atoms with Gasteiger partial charge in [-0.15, -0.1) is 10.2 Å². The Morgan fingerprint density at radius 2 is 1.85 bits per heavy atom. The fourth-order valence-electron chi connectivity index (χ4n) is 4.96. The molecule has 0 spiro atoms. The van der Waals surface area contributed by atoms with E-state index in [0.29, 0.717) is 35.7 Å². The van der Waals surface area contributed by atoms with Gasteiger partial charge in [0, 0.05) is 32.1 Å². The lowest BCUT2D eigenvalue weighted by Gasteiger charge is -2.38. The summed E-state index contributed by atoms with van der Waals surface area (Å²) in [7, 11) is 1.70. The van der Waals surface area contributed by atoms with E-state index in [2.05, 4.69) is 20.5 Å². The SMILES string of the molecule is Cn1cnnc1-c1c(-c2ccccc2)ccc(F)c1-c1nc2cc(CNCC3(C)CCO3)cc(C(F)(F)F)c2o1. The number of benzene rings is 3. The number of nitrogens with zero attached hydrogens (tertiary/aromatic N) is 4. The number of hydrogen-bond acceptors (Lipinski definition) is 6. The van der Waals surface area contributed by atoms with Crippen LogP contribution in [0.4, 0.5) is 17.6 Å². The highest BCUT2D eigenvalue weighted by Gasteiger charge is 2.37. The van der Waals surface area contributed by atoms with Gasteiger partial charge in [-0.2, -0.15) is 13.2 Å². The standard InChI is InChI=1S/C29H25F4N5O2/c1-28(10-11-39-28)15-34-14-17-12-20(29(31,32)33)25-22(13-17)36-27(40-25)24-21(30)9-8-19(18-6-4-3-5-7-18)23(24)26-37-35-16-38(26)2/h3-9,12-13,16,34H,10-11,14-15H2,1-2H3. The molecule has 6 rings (SSSR count). The summed E-state index contributed by atoms with van der Waals surface area (Å²) in [6.07, 6.45) is -2.38. The van der Waals surface area contributed by atoms with E-state index in [-0.39, 0.29) is 29.1 Å². The molecule has 1 unspecified atom stereocenters. The summed E-state index contributed by atoms with van der Waals surface area (Å²) in [5, 5.41) is 11.3. The molecule has 0 radical (unpaired) electrons. The number of nitrogens with one attached hydrogen (secondary N) is 1. The quantitative estimate of drug-likeness (QED) is 0.237. The van der Waals surface area contributed by atoms with Gasteiger partial charge in [-0.1, -0.05) is 36.4 Å². The van der Waals surface area contributed by atoms with Gasteiger partial charge in [0.2, 0.25) is 5.89 Å². The van der Waals surface area contributed by atoms with E-state index in [1.54, 1.807) is 17.7 Å². The van der Waals surface area contributed by atoms with Crippen molar-refractivity contribution in [3.05, 3.63) is 77.9 Å². The van der Waals surface area contributed by atoms with Crippen LogP contribution in [-0.2, 0) is 24.5 Å².